The molecule has 10 heavy (non-hydrogen) atoms. The standard InChI is InChI=1S/C8H12FN/c1-4-6-8(7-5-2)10(3)9/h4-7H,1H2,2-3H3/b7-5-,8-6+. The summed E-state index contributed by atoms with van der Waals surface area (Å²) in [6.07, 6.45) is 6.58. The monoisotopic (exact) mass is 141 g/mol. The highest BCUT2D eigenvalue weighted by Gasteiger charge is 1.93. The fraction of sp³-hybridized carbons (Fsp3) is 0.250. The molecule has 0 saturated heterocycles. The molecule has 0 bridgehead atoms. The van der Waals surface area contributed by atoms with Crippen molar-refractivity contribution >= 4 is 0 Å². The molecule has 0 fully saturated rings. The zero-order valence-corrected chi connectivity index (χ0v) is 6.34. The van der Waals surface area contributed by atoms with Gasteiger partial charge in [0.05, 0.1) is 5.70 Å². The number of hydrogen-bond acceptors (Lipinski definition) is 1. The van der Waals surface area contributed by atoms with Crippen LogP contribution in [0.2, 0.25) is 0 Å². The Kier molecular flexibility index (Phi) is 4.29. The van der Waals surface area contributed by atoms with Gasteiger partial charge in [-0.3, -0.25) is 0 Å². The molecule has 0 aliphatic carbocycles. The number of halogens is 1. The Hall–Kier alpha value is -1.05. The predicted molar refractivity (Wildman–Crippen MR) is 42.0 cm³/mol. The Balaban J connectivity index is 4.25. The van der Waals surface area contributed by atoms with Crippen molar-refractivity contribution in [3.8, 4) is 0 Å². The first-order chi connectivity index (χ1) is 4.72. The van der Waals surface area contributed by atoms with Crippen LogP contribution in [0.15, 0.2) is 36.6 Å². The normalized spacial score (nSPS) is 12.1. The van der Waals surface area contributed by atoms with Crippen molar-refractivity contribution < 1.29 is 4.48 Å². The van der Waals surface area contributed by atoms with E-state index in [-0.39, 0.29) is 0 Å². The SMILES string of the molecule is C=C/C=C(\C=C/C)N(C)F. The maximum atomic E-state index is 12.4. The highest BCUT2D eigenvalue weighted by molar-refractivity contribution is 5.19. The molecule has 0 rings (SSSR count). The van der Waals surface area contributed by atoms with Crippen LogP contribution in [-0.4, -0.2) is 12.2 Å². The molecular formula is C8H12FN. The molecule has 0 aliphatic rings. The molecule has 0 atom stereocenters. The Morgan fingerprint density at radius 1 is 1.60 bits per heavy atom. The van der Waals surface area contributed by atoms with E-state index in [0.717, 1.165) is 0 Å². The summed E-state index contributed by atoms with van der Waals surface area (Å²) in [6.45, 7) is 5.30. The van der Waals surface area contributed by atoms with E-state index in [1.54, 1.807) is 24.3 Å². The molecule has 2 heteroatoms. The van der Waals surface area contributed by atoms with Crippen molar-refractivity contribution in [1.29, 1.82) is 0 Å². The van der Waals surface area contributed by atoms with E-state index in [4.69, 9.17) is 0 Å². The van der Waals surface area contributed by atoms with Crippen molar-refractivity contribution in [2.24, 2.45) is 0 Å². The second kappa shape index (κ2) is 4.79. The second-order valence-corrected chi connectivity index (χ2v) is 1.80. The Morgan fingerprint density at radius 3 is 2.50 bits per heavy atom. The summed E-state index contributed by atoms with van der Waals surface area (Å²) < 4.78 is 12.4. The van der Waals surface area contributed by atoms with E-state index >= 15 is 0 Å². The van der Waals surface area contributed by atoms with Crippen LogP contribution >= 0.6 is 0 Å². The Labute approximate surface area is 61.1 Å². The average Bonchev–Trinajstić information content (AvgIpc) is 1.87. The van der Waals surface area contributed by atoms with Gasteiger partial charge in [0.2, 0.25) is 0 Å². The average molecular weight is 141 g/mol. The van der Waals surface area contributed by atoms with E-state index in [1.807, 2.05) is 6.92 Å². The van der Waals surface area contributed by atoms with Gasteiger partial charge in [-0.05, 0) is 19.1 Å². The molecular weight excluding hydrogens is 129 g/mol. The molecule has 56 valence electrons. The molecule has 0 spiro atoms. The fourth-order valence-corrected chi connectivity index (χ4v) is 0.552. The summed E-state index contributed by atoms with van der Waals surface area (Å²) >= 11 is 0. The smallest absolute Gasteiger partial charge is 0.0680 e. The van der Waals surface area contributed by atoms with Gasteiger partial charge in [0.15, 0.2) is 0 Å². The lowest BCUT2D eigenvalue weighted by molar-refractivity contribution is 0.114. The van der Waals surface area contributed by atoms with Crippen LogP contribution in [0.3, 0.4) is 0 Å². The van der Waals surface area contributed by atoms with Gasteiger partial charge in [-0.15, -0.1) is 4.48 Å². The van der Waals surface area contributed by atoms with Gasteiger partial charge < -0.3 is 0 Å². The first-order valence-electron chi connectivity index (χ1n) is 3.07. The largest absolute Gasteiger partial charge is 0.215 e. The highest BCUT2D eigenvalue weighted by Crippen LogP contribution is 2.03. The second-order valence-electron chi connectivity index (χ2n) is 1.80. The van der Waals surface area contributed by atoms with E-state index in [0.29, 0.717) is 10.8 Å². The van der Waals surface area contributed by atoms with Gasteiger partial charge in [0.25, 0.3) is 0 Å². The molecule has 0 aromatic heterocycles. The zero-order valence-electron chi connectivity index (χ0n) is 6.34. The topological polar surface area (TPSA) is 3.24 Å². The van der Waals surface area contributed by atoms with E-state index in [9.17, 15) is 4.48 Å². The fourth-order valence-electron chi connectivity index (χ4n) is 0.552. The van der Waals surface area contributed by atoms with Crippen molar-refractivity contribution in [3.63, 3.8) is 0 Å². The molecule has 0 aliphatic heterocycles. The minimum Gasteiger partial charge on any atom is -0.215 e. The van der Waals surface area contributed by atoms with Crippen LogP contribution in [0.4, 0.5) is 4.48 Å². The molecule has 0 amide bonds. The van der Waals surface area contributed by atoms with Crippen molar-refractivity contribution in [2.45, 2.75) is 6.92 Å². The zero-order chi connectivity index (χ0) is 7.98. The molecule has 1 nitrogen and oxygen atoms in total. The van der Waals surface area contributed by atoms with Gasteiger partial charge in [0, 0.05) is 7.05 Å². The third-order valence-corrected chi connectivity index (χ3v) is 0.982. The minimum absolute atomic E-state index is 0.498. The lowest BCUT2D eigenvalue weighted by atomic mass is 10.3. The lowest BCUT2D eigenvalue weighted by Gasteiger charge is -2.05. The van der Waals surface area contributed by atoms with Crippen LogP contribution in [-0.2, 0) is 0 Å². The van der Waals surface area contributed by atoms with Gasteiger partial charge in [-0.2, -0.15) is 0 Å². The number of likely N-dealkylation sites (N-methyl/N-ethyl adjacent to an activating group) is 1. The van der Waals surface area contributed by atoms with Crippen LogP contribution in [0, 0.1) is 0 Å². The minimum atomic E-state index is 0.498. The molecule has 0 radical (unpaired) electrons. The van der Waals surface area contributed by atoms with Gasteiger partial charge >= 0.3 is 0 Å². The molecule has 0 saturated carbocycles. The number of nitrogens with zero attached hydrogens (tertiary/aromatic N) is 1. The van der Waals surface area contributed by atoms with Gasteiger partial charge in [0.1, 0.15) is 0 Å². The van der Waals surface area contributed by atoms with Crippen molar-refractivity contribution in [3.05, 3.63) is 36.6 Å². The van der Waals surface area contributed by atoms with E-state index < -0.39 is 0 Å². The number of rotatable bonds is 3. The summed E-state index contributed by atoms with van der Waals surface area (Å²) in [5.41, 5.74) is 0.498. The summed E-state index contributed by atoms with van der Waals surface area (Å²) in [5, 5.41) is 0.543. The van der Waals surface area contributed by atoms with Crippen molar-refractivity contribution in [1.82, 2.24) is 5.12 Å². The van der Waals surface area contributed by atoms with Crippen LogP contribution in [0.1, 0.15) is 6.92 Å². The predicted octanol–water partition coefficient (Wildman–Crippen LogP) is 2.45. The maximum Gasteiger partial charge on any atom is 0.0680 e. The third kappa shape index (κ3) is 3.07. The molecule has 0 aromatic rings. The maximum absolute atomic E-state index is 12.4. The van der Waals surface area contributed by atoms with Crippen LogP contribution in [0.5, 0.6) is 0 Å². The van der Waals surface area contributed by atoms with Gasteiger partial charge in [-0.1, -0.05) is 18.7 Å². The van der Waals surface area contributed by atoms with Crippen LogP contribution in [0.25, 0.3) is 0 Å². The third-order valence-electron chi connectivity index (χ3n) is 0.982. The van der Waals surface area contributed by atoms with Crippen molar-refractivity contribution in [2.75, 3.05) is 7.05 Å². The highest BCUT2D eigenvalue weighted by atomic mass is 19.2. The summed E-state index contributed by atoms with van der Waals surface area (Å²) in [7, 11) is 1.34. The first-order valence-corrected chi connectivity index (χ1v) is 3.07. The first kappa shape index (κ1) is 8.95. The quantitative estimate of drug-likeness (QED) is 0.431. The van der Waals surface area contributed by atoms with Crippen LogP contribution < -0.4 is 0 Å². The summed E-state index contributed by atoms with van der Waals surface area (Å²) in [4.78, 5) is 0. The molecule has 0 N–H and O–H groups in total. The Bertz CT molecular complexity index is 157. The molecule has 0 aromatic carbocycles. The summed E-state index contributed by atoms with van der Waals surface area (Å²) in [5.74, 6) is 0. The number of hydrogen-bond donors (Lipinski definition) is 0. The number of allylic oxidation sites excluding steroid dienone is 4. The molecule has 0 heterocycles. The summed E-state index contributed by atoms with van der Waals surface area (Å²) in [6, 6.07) is 0. The lowest BCUT2D eigenvalue weighted by Crippen LogP contribution is -2.02. The molecule has 0 unspecified atom stereocenters. The van der Waals surface area contributed by atoms with Gasteiger partial charge in [-0.25, -0.2) is 5.12 Å². The Morgan fingerprint density at radius 2 is 2.20 bits per heavy atom. The van der Waals surface area contributed by atoms with E-state index in [2.05, 4.69) is 6.58 Å². The van der Waals surface area contributed by atoms with E-state index in [1.165, 1.54) is 7.05 Å².